The van der Waals surface area contributed by atoms with Crippen LogP contribution >= 0.6 is 22.9 Å². The lowest BCUT2D eigenvalue weighted by Gasteiger charge is -2.02. The Balaban J connectivity index is 2.27. The van der Waals surface area contributed by atoms with Gasteiger partial charge in [-0.2, -0.15) is 5.10 Å². The number of Topliss-reactive ketones (excluding diaryl/α,β-unsaturated/α-hetero) is 1. The molecule has 2 rings (SSSR count). The molecule has 0 spiro atoms. The van der Waals surface area contributed by atoms with Gasteiger partial charge in [0.1, 0.15) is 0 Å². The molecule has 2 aromatic rings. The smallest absolute Gasteiger partial charge is 0.179 e. The fraction of sp³-hybridized carbons (Fsp3) is 0.385. The van der Waals surface area contributed by atoms with E-state index in [1.807, 2.05) is 32.3 Å². The molecule has 0 N–H and O–H groups in total. The highest BCUT2D eigenvalue weighted by atomic mass is 35.5. The van der Waals surface area contributed by atoms with Crippen molar-refractivity contribution in [1.82, 2.24) is 9.78 Å². The minimum atomic E-state index is 0.107. The van der Waals surface area contributed by atoms with E-state index in [0.29, 0.717) is 11.4 Å². The van der Waals surface area contributed by atoms with Crippen molar-refractivity contribution in [2.45, 2.75) is 26.7 Å². The highest BCUT2D eigenvalue weighted by molar-refractivity contribution is 7.12. The average Bonchev–Trinajstić information content (AvgIpc) is 2.87. The molecule has 0 radical (unpaired) electrons. The van der Waals surface area contributed by atoms with E-state index in [0.717, 1.165) is 28.2 Å². The molecule has 18 heavy (non-hydrogen) atoms. The van der Waals surface area contributed by atoms with Gasteiger partial charge in [0, 0.05) is 7.05 Å². The Morgan fingerprint density at radius 3 is 2.78 bits per heavy atom. The van der Waals surface area contributed by atoms with Crippen LogP contribution in [0.15, 0.2) is 11.4 Å². The fourth-order valence-electron chi connectivity index (χ4n) is 1.90. The second-order valence-corrected chi connectivity index (χ2v) is 5.51. The second kappa shape index (κ2) is 5.24. The zero-order chi connectivity index (χ0) is 13.3. The summed E-state index contributed by atoms with van der Waals surface area (Å²) in [5.41, 5.74) is 2.68. The summed E-state index contributed by atoms with van der Waals surface area (Å²) in [5, 5.41) is 6.88. The van der Waals surface area contributed by atoms with Crippen molar-refractivity contribution in [3.63, 3.8) is 0 Å². The third-order valence-corrected chi connectivity index (χ3v) is 4.44. The van der Waals surface area contributed by atoms with Crippen LogP contribution in [0, 0.1) is 6.92 Å². The predicted molar refractivity (Wildman–Crippen MR) is 74.7 cm³/mol. The summed E-state index contributed by atoms with van der Waals surface area (Å²) in [6.07, 6.45) is 1.09. The first-order valence-corrected chi connectivity index (χ1v) is 7.07. The molecule has 0 saturated heterocycles. The van der Waals surface area contributed by atoms with Crippen molar-refractivity contribution in [2.75, 3.05) is 0 Å². The average molecular weight is 283 g/mol. The van der Waals surface area contributed by atoms with E-state index < -0.39 is 0 Å². The van der Waals surface area contributed by atoms with E-state index >= 15 is 0 Å². The number of hydrogen-bond donors (Lipinski definition) is 0. The number of rotatable bonds is 4. The Bertz CT molecular complexity index is 586. The van der Waals surface area contributed by atoms with Crippen LogP contribution in [0.4, 0.5) is 0 Å². The number of nitrogens with zero attached hydrogens (tertiary/aromatic N) is 2. The molecule has 0 unspecified atom stereocenters. The summed E-state index contributed by atoms with van der Waals surface area (Å²) < 4.78 is 1.71. The predicted octanol–water partition coefficient (Wildman–Crippen LogP) is 3.43. The van der Waals surface area contributed by atoms with Gasteiger partial charge in [0.15, 0.2) is 5.78 Å². The summed E-state index contributed by atoms with van der Waals surface area (Å²) in [5.74, 6) is 0.107. The maximum Gasteiger partial charge on any atom is 0.179 e. The monoisotopic (exact) mass is 282 g/mol. The summed E-state index contributed by atoms with van der Waals surface area (Å²) >= 11 is 7.72. The van der Waals surface area contributed by atoms with Gasteiger partial charge in [-0.3, -0.25) is 9.48 Å². The number of ketones is 1. The minimum absolute atomic E-state index is 0.107. The maximum absolute atomic E-state index is 12.2. The first kappa shape index (κ1) is 13.3. The van der Waals surface area contributed by atoms with Crippen LogP contribution in [-0.2, 0) is 19.9 Å². The molecule has 0 aliphatic heterocycles. The van der Waals surface area contributed by atoms with Crippen molar-refractivity contribution >= 4 is 28.7 Å². The van der Waals surface area contributed by atoms with Crippen LogP contribution in [0.1, 0.15) is 33.5 Å². The molecule has 5 heteroatoms. The quantitative estimate of drug-likeness (QED) is 0.805. The lowest BCUT2D eigenvalue weighted by molar-refractivity contribution is 0.0994. The van der Waals surface area contributed by atoms with Gasteiger partial charge in [-0.05, 0) is 30.4 Å². The lowest BCUT2D eigenvalue weighted by Crippen LogP contribution is -2.07. The molecule has 2 heterocycles. The third kappa shape index (κ3) is 2.35. The molecule has 0 saturated carbocycles. The van der Waals surface area contributed by atoms with Gasteiger partial charge in [0.2, 0.25) is 0 Å². The van der Waals surface area contributed by atoms with E-state index in [1.165, 1.54) is 11.3 Å². The molecular formula is C13H15ClN2OS. The topological polar surface area (TPSA) is 34.9 Å². The number of halogens is 1. The molecule has 0 bridgehead atoms. The molecule has 0 aliphatic rings. The van der Waals surface area contributed by atoms with E-state index in [4.69, 9.17) is 11.6 Å². The summed E-state index contributed by atoms with van der Waals surface area (Å²) in [6, 6.07) is 1.96. The van der Waals surface area contributed by atoms with Crippen molar-refractivity contribution in [3.8, 4) is 0 Å². The summed E-state index contributed by atoms with van der Waals surface area (Å²) in [4.78, 5) is 13.0. The third-order valence-electron chi connectivity index (χ3n) is 2.95. The SMILES string of the molecule is CCc1nn(C)c(CC(=O)c2sccc2C)c1Cl. The van der Waals surface area contributed by atoms with Gasteiger partial charge in [-0.15, -0.1) is 11.3 Å². The Morgan fingerprint density at radius 1 is 1.56 bits per heavy atom. The van der Waals surface area contributed by atoms with E-state index in [2.05, 4.69) is 5.10 Å². The summed E-state index contributed by atoms with van der Waals surface area (Å²) in [6.45, 7) is 3.95. The molecule has 0 aliphatic carbocycles. The fourth-order valence-corrected chi connectivity index (χ4v) is 3.13. The van der Waals surface area contributed by atoms with E-state index in [1.54, 1.807) is 4.68 Å². The van der Waals surface area contributed by atoms with Crippen molar-refractivity contribution in [3.05, 3.63) is 38.3 Å². The number of aryl methyl sites for hydroxylation is 3. The zero-order valence-electron chi connectivity index (χ0n) is 10.7. The van der Waals surface area contributed by atoms with Gasteiger partial charge in [-0.1, -0.05) is 18.5 Å². The molecule has 2 aromatic heterocycles. The zero-order valence-corrected chi connectivity index (χ0v) is 12.2. The Hall–Kier alpha value is -1.13. The first-order chi connectivity index (χ1) is 8.54. The van der Waals surface area contributed by atoms with Gasteiger partial charge < -0.3 is 0 Å². The standard InChI is InChI=1S/C13H15ClN2OS/c1-4-9-12(14)10(16(3)15-9)7-11(17)13-8(2)5-6-18-13/h5-6H,4,7H2,1-3H3. The van der Waals surface area contributed by atoms with Crippen molar-refractivity contribution in [2.24, 2.45) is 7.05 Å². The van der Waals surface area contributed by atoms with E-state index in [9.17, 15) is 4.79 Å². The molecule has 3 nitrogen and oxygen atoms in total. The van der Waals surface area contributed by atoms with Gasteiger partial charge in [0.25, 0.3) is 0 Å². The van der Waals surface area contributed by atoms with Crippen molar-refractivity contribution < 1.29 is 4.79 Å². The highest BCUT2D eigenvalue weighted by Crippen LogP contribution is 2.24. The number of thiophene rings is 1. The first-order valence-electron chi connectivity index (χ1n) is 5.82. The molecule has 96 valence electrons. The highest BCUT2D eigenvalue weighted by Gasteiger charge is 2.18. The molecule has 0 aromatic carbocycles. The van der Waals surface area contributed by atoms with Crippen LogP contribution in [-0.4, -0.2) is 15.6 Å². The number of carbonyl (C=O) groups excluding carboxylic acids is 1. The lowest BCUT2D eigenvalue weighted by atomic mass is 10.1. The van der Waals surface area contributed by atoms with Crippen LogP contribution in [0.25, 0.3) is 0 Å². The van der Waals surface area contributed by atoms with Crippen LogP contribution in [0.5, 0.6) is 0 Å². The molecule has 0 fully saturated rings. The summed E-state index contributed by atoms with van der Waals surface area (Å²) in [7, 11) is 1.83. The Morgan fingerprint density at radius 2 is 2.28 bits per heavy atom. The minimum Gasteiger partial charge on any atom is -0.293 e. The maximum atomic E-state index is 12.2. The van der Waals surface area contributed by atoms with Crippen molar-refractivity contribution in [1.29, 1.82) is 0 Å². The molecule has 0 amide bonds. The van der Waals surface area contributed by atoms with E-state index in [-0.39, 0.29) is 5.78 Å². The Kier molecular flexibility index (Phi) is 3.88. The molecule has 0 atom stereocenters. The Labute approximate surface area is 115 Å². The van der Waals surface area contributed by atoms with Gasteiger partial charge in [0.05, 0.1) is 27.7 Å². The van der Waals surface area contributed by atoms with Gasteiger partial charge in [-0.25, -0.2) is 0 Å². The van der Waals surface area contributed by atoms with Crippen LogP contribution in [0.2, 0.25) is 5.02 Å². The largest absolute Gasteiger partial charge is 0.293 e. The number of carbonyl (C=O) groups is 1. The van der Waals surface area contributed by atoms with Gasteiger partial charge >= 0.3 is 0 Å². The number of hydrogen-bond acceptors (Lipinski definition) is 3. The normalized spacial score (nSPS) is 10.9. The van der Waals surface area contributed by atoms with Crippen LogP contribution < -0.4 is 0 Å². The van der Waals surface area contributed by atoms with Crippen LogP contribution in [0.3, 0.4) is 0 Å². The second-order valence-electron chi connectivity index (χ2n) is 4.22. The molecular weight excluding hydrogens is 268 g/mol. The number of aromatic nitrogens is 2.